The van der Waals surface area contributed by atoms with E-state index in [1.165, 1.54) is 0 Å². The third-order valence-corrected chi connectivity index (χ3v) is 4.61. The molecule has 0 radical (unpaired) electrons. The normalized spacial score (nSPS) is 11.0. The minimum atomic E-state index is 0.000232. The molecule has 0 atom stereocenters. The molecule has 2 aromatic heterocycles. The molecule has 0 aliphatic heterocycles. The van der Waals surface area contributed by atoms with Crippen molar-refractivity contribution < 1.29 is 0 Å². The average Bonchev–Trinajstić information content (AvgIpc) is 2.60. The largest absolute Gasteiger partial charge is 0.254 e. The minimum Gasteiger partial charge on any atom is -0.254 e. The smallest absolute Gasteiger partial charge is 0.224 e. The van der Waals surface area contributed by atoms with Crippen LogP contribution < -0.4 is 0 Å². The van der Waals surface area contributed by atoms with E-state index >= 15 is 0 Å². The summed E-state index contributed by atoms with van der Waals surface area (Å²) in [5, 5.41) is 12.6. The van der Waals surface area contributed by atoms with E-state index in [1.807, 2.05) is 43.3 Å². The maximum atomic E-state index is 9.76. The van der Waals surface area contributed by atoms with Crippen molar-refractivity contribution in [1.29, 1.82) is 5.26 Å². The van der Waals surface area contributed by atoms with Crippen molar-refractivity contribution in [3.8, 4) is 17.3 Å². The highest BCUT2D eigenvalue weighted by Crippen LogP contribution is 2.35. The first-order valence-corrected chi connectivity index (χ1v) is 8.26. The molecule has 0 N–H and O–H groups in total. The van der Waals surface area contributed by atoms with Crippen LogP contribution in [0.4, 0.5) is 0 Å². The molecule has 0 unspecified atom stereocenters. The Kier molecular flexibility index (Phi) is 3.76. The number of rotatable bonds is 1. The van der Waals surface area contributed by atoms with Gasteiger partial charge in [-0.3, -0.25) is 4.98 Å². The Labute approximate surface area is 153 Å². The van der Waals surface area contributed by atoms with E-state index in [9.17, 15) is 5.26 Å². The molecule has 0 saturated heterocycles. The number of aromatic nitrogens is 3. The molecule has 0 spiro atoms. The zero-order chi connectivity index (χ0) is 17.6. The summed E-state index contributed by atoms with van der Waals surface area (Å²) in [5.74, 6) is 0. The van der Waals surface area contributed by atoms with Gasteiger partial charge in [0.25, 0.3) is 0 Å². The molecule has 0 saturated carbocycles. The molecule has 25 heavy (non-hydrogen) atoms. The molecular weight excluding hydrogens is 355 g/mol. The molecule has 2 heterocycles. The van der Waals surface area contributed by atoms with Crippen LogP contribution in [0.1, 0.15) is 11.1 Å². The first-order valence-electron chi connectivity index (χ1n) is 7.50. The van der Waals surface area contributed by atoms with Gasteiger partial charge in [0.15, 0.2) is 0 Å². The van der Waals surface area contributed by atoms with Gasteiger partial charge in [-0.1, -0.05) is 48.0 Å². The highest BCUT2D eigenvalue weighted by molar-refractivity contribution is 6.35. The summed E-state index contributed by atoms with van der Waals surface area (Å²) in [6, 6.07) is 14.2. The summed E-state index contributed by atoms with van der Waals surface area (Å²) in [6.07, 6.45) is 1.58. The van der Waals surface area contributed by atoms with Gasteiger partial charge in [0.05, 0.1) is 16.6 Å². The highest BCUT2D eigenvalue weighted by Gasteiger charge is 2.17. The van der Waals surface area contributed by atoms with Crippen LogP contribution in [-0.2, 0) is 0 Å². The van der Waals surface area contributed by atoms with Gasteiger partial charge < -0.3 is 0 Å². The topological polar surface area (TPSA) is 62.5 Å². The number of halogens is 2. The molecule has 4 nitrogen and oxygen atoms in total. The summed E-state index contributed by atoms with van der Waals surface area (Å²) >= 11 is 12.1. The van der Waals surface area contributed by atoms with Crippen molar-refractivity contribution in [2.75, 3.05) is 0 Å². The number of hydrogen-bond acceptors (Lipinski definition) is 4. The molecule has 6 heteroatoms. The zero-order valence-electron chi connectivity index (χ0n) is 13.1. The highest BCUT2D eigenvalue weighted by atomic mass is 35.5. The van der Waals surface area contributed by atoms with Gasteiger partial charge in [-0.05, 0) is 34.9 Å². The van der Waals surface area contributed by atoms with Gasteiger partial charge in [-0.15, -0.1) is 0 Å². The Bertz CT molecular complexity index is 1190. The van der Waals surface area contributed by atoms with E-state index < -0.39 is 0 Å². The third kappa shape index (κ3) is 2.49. The summed E-state index contributed by atoms with van der Waals surface area (Å²) in [6.45, 7) is 2.04. The summed E-state index contributed by atoms with van der Waals surface area (Å²) < 4.78 is 0. The molecule has 120 valence electrons. The van der Waals surface area contributed by atoms with E-state index in [4.69, 9.17) is 23.2 Å². The van der Waals surface area contributed by atoms with Crippen molar-refractivity contribution >= 4 is 44.9 Å². The molecular formula is C19H10Cl2N4. The number of nitriles is 1. The molecule has 0 aliphatic carbocycles. The minimum absolute atomic E-state index is 0.000232. The van der Waals surface area contributed by atoms with E-state index in [0.717, 1.165) is 21.9 Å². The van der Waals surface area contributed by atoms with E-state index in [0.29, 0.717) is 22.2 Å². The maximum Gasteiger partial charge on any atom is 0.224 e. The van der Waals surface area contributed by atoms with E-state index in [1.54, 1.807) is 6.20 Å². The van der Waals surface area contributed by atoms with Crippen LogP contribution in [0, 0.1) is 18.3 Å². The fourth-order valence-corrected chi connectivity index (χ4v) is 3.49. The Morgan fingerprint density at radius 1 is 1.04 bits per heavy atom. The maximum absolute atomic E-state index is 9.76. The fraction of sp³-hybridized carbons (Fsp3) is 0.0526. The van der Waals surface area contributed by atoms with Crippen LogP contribution in [-0.4, -0.2) is 15.0 Å². The lowest BCUT2D eigenvalue weighted by molar-refractivity contribution is 1.20. The Morgan fingerprint density at radius 2 is 1.80 bits per heavy atom. The number of benzene rings is 2. The lowest BCUT2D eigenvalue weighted by Crippen LogP contribution is -1.97. The number of fused-ring (bicyclic) bond motifs is 2. The second-order valence-electron chi connectivity index (χ2n) is 5.62. The van der Waals surface area contributed by atoms with Gasteiger partial charge in [0.1, 0.15) is 16.8 Å². The van der Waals surface area contributed by atoms with E-state index in [2.05, 4.69) is 21.0 Å². The monoisotopic (exact) mass is 364 g/mol. The van der Waals surface area contributed by atoms with Crippen LogP contribution in [0.5, 0.6) is 0 Å². The van der Waals surface area contributed by atoms with Crippen LogP contribution in [0.2, 0.25) is 10.4 Å². The lowest BCUT2D eigenvalue weighted by atomic mass is 9.95. The zero-order valence-corrected chi connectivity index (χ0v) is 14.6. The van der Waals surface area contributed by atoms with Gasteiger partial charge in [0, 0.05) is 11.8 Å². The first-order chi connectivity index (χ1) is 12.1. The molecule has 0 bridgehead atoms. The second-order valence-corrected chi connectivity index (χ2v) is 6.31. The quantitative estimate of drug-likeness (QED) is 0.338. The van der Waals surface area contributed by atoms with Crippen LogP contribution >= 0.6 is 23.2 Å². The lowest BCUT2D eigenvalue weighted by Gasteiger charge is -2.11. The van der Waals surface area contributed by atoms with Gasteiger partial charge in [-0.2, -0.15) is 5.26 Å². The average molecular weight is 365 g/mol. The van der Waals surface area contributed by atoms with Crippen LogP contribution in [0.25, 0.3) is 32.9 Å². The number of hydrogen-bond donors (Lipinski definition) is 0. The van der Waals surface area contributed by atoms with Gasteiger partial charge >= 0.3 is 0 Å². The Hall–Kier alpha value is -2.74. The molecule has 2 aromatic carbocycles. The van der Waals surface area contributed by atoms with Crippen molar-refractivity contribution in [2.45, 2.75) is 6.92 Å². The van der Waals surface area contributed by atoms with Gasteiger partial charge in [0.2, 0.25) is 5.28 Å². The third-order valence-electron chi connectivity index (χ3n) is 4.15. The molecule has 0 fully saturated rings. The van der Waals surface area contributed by atoms with Crippen molar-refractivity contribution in [2.24, 2.45) is 0 Å². The predicted molar refractivity (Wildman–Crippen MR) is 99.7 cm³/mol. The Balaban J connectivity index is 2.15. The predicted octanol–water partition coefficient (Wildman–Crippen LogP) is 5.33. The fourth-order valence-electron chi connectivity index (χ4n) is 3.06. The summed E-state index contributed by atoms with van der Waals surface area (Å²) in [5.41, 5.74) is 3.28. The van der Waals surface area contributed by atoms with Crippen molar-refractivity contribution in [3.63, 3.8) is 0 Å². The summed E-state index contributed by atoms with van der Waals surface area (Å²) in [4.78, 5) is 12.6. The van der Waals surface area contributed by atoms with Crippen LogP contribution in [0.15, 0.2) is 42.6 Å². The molecule has 4 aromatic rings. The SMILES string of the molecule is Cc1cccc2cccc(-c3ncc4c(Cl)nc(Cl)nc4c3C#N)c12. The summed E-state index contributed by atoms with van der Waals surface area (Å²) in [7, 11) is 0. The second kappa shape index (κ2) is 5.96. The standard InChI is InChI=1S/C19H10Cl2N4/c1-10-4-2-5-11-6-3-7-12(15(10)11)16-13(8-22)17-14(9-23-16)18(20)25-19(21)24-17/h2-7,9H,1H3. The molecule has 4 rings (SSSR count). The number of pyridine rings is 1. The van der Waals surface area contributed by atoms with Crippen molar-refractivity contribution in [3.05, 3.63) is 64.2 Å². The van der Waals surface area contributed by atoms with E-state index in [-0.39, 0.29) is 10.4 Å². The first kappa shape index (κ1) is 15.8. The Morgan fingerprint density at radius 3 is 2.56 bits per heavy atom. The number of nitrogens with zero attached hydrogens (tertiary/aromatic N) is 4. The number of aryl methyl sites for hydroxylation is 1. The molecule has 0 amide bonds. The van der Waals surface area contributed by atoms with Crippen LogP contribution in [0.3, 0.4) is 0 Å². The van der Waals surface area contributed by atoms with Gasteiger partial charge in [-0.25, -0.2) is 9.97 Å². The molecule has 0 aliphatic rings. The van der Waals surface area contributed by atoms with Crippen molar-refractivity contribution in [1.82, 2.24) is 15.0 Å².